The van der Waals surface area contributed by atoms with Crippen LogP contribution in [0.1, 0.15) is 5.56 Å². The molecule has 0 radical (unpaired) electrons. The number of nitrogens with one attached hydrogen (secondary N) is 2. The Morgan fingerprint density at radius 3 is 2.77 bits per heavy atom. The summed E-state index contributed by atoms with van der Waals surface area (Å²) in [5.41, 5.74) is 0.188. The summed E-state index contributed by atoms with van der Waals surface area (Å²) in [5, 5.41) is 19.9. The predicted octanol–water partition coefficient (Wildman–Crippen LogP) is 0.576. The van der Waals surface area contributed by atoms with Crippen LogP contribution in [0.2, 0.25) is 0 Å². The number of hydrogen-bond donors (Lipinski definition) is 2. The first-order chi connectivity index (χ1) is 10.5. The molecule has 0 saturated carbocycles. The molecule has 0 spiro atoms. The molecule has 3 aromatic rings. The van der Waals surface area contributed by atoms with E-state index in [1.54, 1.807) is 18.3 Å². The number of anilines is 2. The van der Waals surface area contributed by atoms with Crippen molar-refractivity contribution in [1.82, 2.24) is 19.3 Å². The monoisotopic (exact) mass is 296 g/mol. The molecule has 0 saturated heterocycles. The molecule has 1 aromatic carbocycles. The van der Waals surface area contributed by atoms with Crippen LogP contribution in [0.25, 0.3) is 10.9 Å². The second-order valence-corrected chi connectivity index (χ2v) is 4.84. The third-order valence-electron chi connectivity index (χ3n) is 3.48. The molecule has 0 aliphatic heterocycles. The summed E-state index contributed by atoms with van der Waals surface area (Å²) in [6, 6.07) is 7.25. The summed E-state index contributed by atoms with van der Waals surface area (Å²) >= 11 is 0. The molecule has 0 bridgehead atoms. The second-order valence-electron chi connectivity index (χ2n) is 4.84. The van der Waals surface area contributed by atoms with Gasteiger partial charge in [-0.3, -0.25) is 19.0 Å². The number of rotatable bonds is 2. The molecule has 3 rings (SSSR count). The number of fused-ring (bicyclic) bond motifs is 1. The van der Waals surface area contributed by atoms with Gasteiger partial charge in [0.1, 0.15) is 11.9 Å². The van der Waals surface area contributed by atoms with Crippen LogP contribution in [0.3, 0.4) is 0 Å². The van der Waals surface area contributed by atoms with Gasteiger partial charge in [0, 0.05) is 25.2 Å². The van der Waals surface area contributed by atoms with Gasteiger partial charge >= 0.3 is 5.69 Å². The van der Waals surface area contributed by atoms with Crippen molar-refractivity contribution in [2.24, 2.45) is 14.1 Å². The largest absolute Gasteiger partial charge is 0.340 e. The lowest BCUT2D eigenvalue weighted by Gasteiger charge is -2.13. The van der Waals surface area contributed by atoms with Gasteiger partial charge in [0.2, 0.25) is 0 Å². The molecule has 0 aliphatic carbocycles. The van der Waals surface area contributed by atoms with E-state index in [9.17, 15) is 14.9 Å². The summed E-state index contributed by atoms with van der Waals surface area (Å²) < 4.78 is 2.14. The minimum absolute atomic E-state index is 0.116. The summed E-state index contributed by atoms with van der Waals surface area (Å²) in [4.78, 5) is 24.0. The molecule has 0 aliphatic rings. The van der Waals surface area contributed by atoms with Gasteiger partial charge in [-0.1, -0.05) is 0 Å². The topological polar surface area (TPSA) is 108 Å². The lowest BCUT2D eigenvalue weighted by molar-refractivity contribution is 0.689. The summed E-state index contributed by atoms with van der Waals surface area (Å²) in [5.74, 6) is 0.162. The van der Waals surface area contributed by atoms with Crippen molar-refractivity contribution in [3.8, 4) is 6.07 Å². The molecular formula is C14H12N6O2. The SMILES string of the molecule is Cn1c(Nc2ccc3cn[nH]c3c2)c(C#N)c(=O)n(C)c1=O. The van der Waals surface area contributed by atoms with Crippen LogP contribution >= 0.6 is 0 Å². The Hall–Kier alpha value is -3.34. The first-order valence-electron chi connectivity index (χ1n) is 6.43. The summed E-state index contributed by atoms with van der Waals surface area (Å²) in [7, 11) is 2.84. The highest BCUT2D eigenvalue weighted by molar-refractivity contribution is 5.82. The van der Waals surface area contributed by atoms with Gasteiger partial charge in [-0.25, -0.2) is 4.79 Å². The van der Waals surface area contributed by atoms with E-state index >= 15 is 0 Å². The van der Waals surface area contributed by atoms with Gasteiger partial charge in [0.15, 0.2) is 5.56 Å². The van der Waals surface area contributed by atoms with E-state index in [0.29, 0.717) is 5.69 Å². The Kier molecular flexibility index (Phi) is 3.03. The van der Waals surface area contributed by atoms with E-state index in [0.717, 1.165) is 15.5 Å². The number of nitriles is 1. The van der Waals surface area contributed by atoms with E-state index in [1.165, 1.54) is 18.7 Å². The highest BCUT2D eigenvalue weighted by Crippen LogP contribution is 2.21. The summed E-state index contributed by atoms with van der Waals surface area (Å²) in [6.45, 7) is 0. The van der Waals surface area contributed by atoms with Gasteiger partial charge in [0.05, 0.1) is 11.7 Å². The molecule has 8 nitrogen and oxygen atoms in total. The first kappa shape index (κ1) is 13.6. The Bertz CT molecular complexity index is 1030. The van der Waals surface area contributed by atoms with Crippen molar-refractivity contribution < 1.29 is 0 Å². The second kappa shape index (κ2) is 4.89. The molecule has 2 heterocycles. The minimum atomic E-state index is -0.629. The molecule has 2 N–H and O–H groups in total. The third kappa shape index (κ3) is 1.96. The van der Waals surface area contributed by atoms with E-state index in [-0.39, 0.29) is 11.4 Å². The molecule has 0 atom stereocenters. The van der Waals surface area contributed by atoms with Crippen LogP contribution in [0, 0.1) is 11.3 Å². The average Bonchev–Trinajstić information content (AvgIpc) is 2.98. The maximum absolute atomic E-state index is 12.0. The molecular weight excluding hydrogens is 284 g/mol. The normalized spacial score (nSPS) is 10.6. The maximum Gasteiger partial charge on any atom is 0.332 e. The highest BCUT2D eigenvalue weighted by Gasteiger charge is 2.15. The van der Waals surface area contributed by atoms with Crippen LogP contribution in [-0.2, 0) is 14.1 Å². The van der Waals surface area contributed by atoms with Gasteiger partial charge in [-0.15, -0.1) is 0 Å². The lowest BCUT2D eigenvalue weighted by atomic mass is 10.2. The Balaban J connectivity index is 2.18. The van der Waals surface area contributed by atoms with E-state index < -0.39 is 11.2 Å². The Morgan fingerprint density at radius 1 is 1.27 bits per heavy atom. The van der Waals surface area contributed by atoms with Crippen molar-refractivity contribution >= 4 is 22.4 Å². The average molecular weight is 296 g/mol. The van der Waals surface area contributed by atoms with E-state index in [2.05, 4.69) is 15.5 Å². The van der Waals surface area contributed by atoms with Crippen molar-refractivity contribution in [2.75, 3.05) is 5.32 Å². The minimum Gasteiger partial charge on any atom is -0.340 e. The molecule has 110 valence electrons. The number of aromatic nitrogens is 4. The smallest absolute Gasteiger partial charge is 0.332 e. The quantitative estimate of drug-likeness (QED) is 0.719. The van der Waals surface area contributed by atoms with Crippen LogP contribution in [-0.4, -0.2) is 19.3 Å². The Morgan fingerprint density at radius 2 is 2.05 bits per heavy atom. The van der Waals surface area contributed by atoms with Crippen LogP contribution in [0.4, 0.5) is 11.5 Å². The highest BCUT2D eigenvalue weighted by atomic mass is 16.2. The van der Waals surface area contributed by atoms with Crippen LogP contribution < -0.4 is 16.6 Å². The third-order valence-corrected chi connectivity index (χ3v) is 3.48. The molecule has 0 unspecified atom stereocenters. The number of aromatic amines is 1. The molecule has 2 aromatic heterocycles. The van der Waals surface area contributed by atoms with Crippen LogP contribution in [0.15, 0.2) is 34.0 Å². The zero-order chi connectivity index (χ0) is 15.9. The molecule has 22 heavy (non-hydrogen) atoms. The standard InChI is InChI=1S/C14H12N6O2/c1-19-12(10(6-15)13(21)20(2)14(19)22)17-9-4-3-8-7-16-18-11(8)5-9/h3-5,7,17H,1-2H3,(H,16,18). The van der Waals surface area contributed by atoms with Gasteiger partial charge in [-0.2, -0.15) is 10.4 Å². The molecule has 0 amide bonds. The fourth-order valence-electron chi connectivity index (χ4n) is 2.24. The van der Waals surface area contributed by atoms with Gasteiger partial charge in [0.25, 0.3) is 5.56 Å². The van der Waals surface area contributed by atoms with Crippen molar-refractivity contribution in [3.63, 3.8) is 0 Å². The Labute approximate surface area is 124 Å². The van der Waals surface area contributed by atoms with Crippen molar-refractivity contribution in [1.29, 1.82) is 5.26 Å². The maximum atomic E-state index is 12.0. The van der Waals surface area contributed by atoms with Gasteiger partial charge in [-0.05, 0) is 18.2 Å². The van der Waals surface area contributed by atoms with Crippen molar-refractivity contribution in [2.45, 2.75) is 0 Å². The number of H-pyrrole nitrogens is 1. The number of benzene rings is 1. The fourth-order valence-corrected chi connectivity index (χ4v) is 2.24. The van der Waals surface area contributed by atoms with Crippen molar-refractivity contribution in [3.05, 3.63) is 50.8 Å². The summed E-state index contributed by atoms with van der Waals surface area (Å²) in [6.07, 6.45) is 1.69. The first-order valence-corrected chi connectivity index (χ1v) is 6.43. The van der Waals surface area contributed by atoms with Crippen LogP contribution in [0.5, 0.6) is 0 Å². The number of nitrogens with zero attached hydrogens (tertiary/aromatic N) is 4. The lowest BCUT2D eigenvalue weighted by Crippen LogP contribution is -2.39. The zero-order valence-electron chi connectivity index (χ0n) is 11.9. The van der Waals surface area contributed by atoms with Gasteiger partial charge < -0.3 is 5.32 Å². The zero-order valence-corrected chi connectivity index (χ0v) is 11.9. The molecule has 8 heteroatoms. The predicted molar refractivity (Wildman–Crippen MR) is 81.0 cm³/mol. The van der Waals surface area contributed by atoms with E-state index in [1.807, 2.05) is 12.1 Å². The number of hydrogen-bond acceptors (Lipinski definition) is 5. The fraction of sp³-hybridized carbons (Fsp3) is 0.143. The molecule has 0 fully saturated rings. The van der Waals surface area contributed by atoms with E-state index in [4.69, 9.17) is 0 Å².